The van der Waals surface area contributed by atoms with Crippen LogP contribution in [0, 0.1) is 0 Å². The minimum absolute atomic E-state index is 0.0705. The molecule has 0 radical (unpaired) electrons. The van der Waals surface area contributed by atoms with Crippen LogP contribution in [0.25, 0.3) is 0 Å². The number of carbonyl (C=O) groups is 1. The molecule has 0 heterocycles. The van der Waals surface area contributed by atoms with Crippen LogP contribution in [0.3, 0.4) is 0 Å². The number of rotatable bonds is 3. The Morgan fingerprint density at radius 1 is 1.89 bits per heavy atom. The molecule has 3 N–H and O–H groups in total. The smallest absolute Gasteiger partial charge is 0.216 e. The molecule has 54 valence electrons. The van der Waals surface area contributed by atoms with Crippen molar-refractivity contribution in [2.24, 2.45) is 5.90 Å². The topological polar surface area (TPSA) is 64.3 Å². The first-order valence-corrected chi connectivity index (χ1v) is 2.76. The standard InChI is InChI=1S/C5H12N2O2/c1-4(9-6)3-7-5(2)8/h4H,3,6H2,1-2H3,(H,7,8). The highest BCUT2D eigenvalue weighted by Gasteiger charge is 1.98. The summed E-state index contributed by atoms with van der Waals surface area (Å²) >= 11 is 0. The number of nitrogens with one attached hydrogen (secondary N) is 1. The fourth-order valence-electron chi connectivity index (χ4n) is 0.336. The zero-order chi connectivity index (χ0) is 7.28. The molecule has 0 bridgehead atoms. The molecule has 1 unspecified atom stereocenters. The predicted octanol–water partition coefficient (Wildman–Crippen LogP) is -0.599. The second-order valence-corrected chi connectivity index (χ2v) is 1.88. The monoisotopic (exact) mass is 132 g/mol. The van der Waals surface area contributed by atoms with Crippen molar-refractivity contribution in [3.8, 4) is 0 Å². The average Bonchev–Trinajstić information content (AvgIpc) is 1.83. The number of hydrogen-bond acceptors (Lipinski definition) is 3. The molecule has 4 nitrogen and oxygen atoms in total. The van der Waals surface area contributed by atoms with Crippen LogP contribution in [-0.2, 0) is 9.63 Å². The molecule has 0 aromatic heterocycles. The summed E-state index contributed by atoms with van der Waals surface area (Å²) in [5.74, 6) is 4.74. The van der Waals surface area contributed by atoms with Crippen molar-refractivity contribution in [2.45, 2.75) is 20.0 Å². The Morgan fingerprint density at radius 2 is 2.44 bits per heavy atom. The normalized spacial score (nSPS) is 12.8. The van der Waals surface area contributed by atoms with Gasteiger partial charge in [-0.3, -0.25) is 9.63 Å². The fraction of sp³-hybridized carbons (Fsp3) is 0.800. The Morgan fingerprint density at radius 3 is 2.78 bits per heavy atom. The first-order chi connectivity index (χ1) is 4.16. The molecule has 1 amide bonds. The quantitative estimate of drug-likeness (QED) is 0.504. The van der Waals surface area contributed by atoms with Gasteiger partial charge in [0.15, 0.2) is 0 Å². The molecule has 0 aliphatic rings. The van der Waals surface area contributed by atoms with Crippen molar-refractivity contribution in [3.63, 3.8) is 0 Å². The Hall–Kier alpha value is -0.610. The number of amides is 1. The first-order valence-electron chi connectivity index (χ1n) is 2.76. The zero-order valence-electron chi connectivity index (χ0n) is 5.68. The third-order valence-corrected chi connectivity index (χ3v) is 0.871. The highest BCUT2D eigenvalue weighted by molar-refractivity contribution is 5.72. The van der Waals surface area contributed by atoms with Gasteiger partial charge in [0.25, 0.3) is 0 Å². The Balaban J connectivity index is 3.16. The fourth-order valence-corrected chi connectivity index (χ4v) is 0.336. The van der Waals surface area contributed by atoms with Crippen molar-refractivity contribution in [2.75, 3.05) is 6.54 Å². The van der Waals surface area contributed by atoms with Gasteiger partial charge in [-0.15, -0.1) is 0 Å². The summed E-state index contributed by atoms with van der Waals surface area (Å²) in [4.78, 5) is 14.6. The molecule has 9 heavy (non-hydrogen) atoms. The van der Waals surface area contributed by atoms with E-state index in [0.29, 0.717) is 6.54 Å². The van der Waals surface area contributed by atoms with E-state index < -0.39 is 0 Å². The van der Waals surface area contributed by atoms with Gasteiger partial charge in [0, 0.05) is 13.5 Å². The van der Waals surface area contributed by atoms with Crippen molar-refractivity contribution >= 4 is 5.91 Å². The highest BCUT2D eigenvalue weighted by Crippen LogP contribution is 1.79. The molecule has 0 aromatic carbocycles. The SMILES string of the molecule is CC(=O)NCC(C)ON. The van der Waals surface area contributed by atoms with E-state index >= 15 is 0 Å². The molecule has 0 saturated heterocycles. The van der Waals surface area contributed by atoms with E-state index in [0.717, 1.165) is 0 Å². The summed E-state index contributed by atoms with van der Waals surface area (Å²) in [6.07, 6.45) is -0.117. The van der Waals surface area contributed by atoms with E-state index in [9.17, 15) is 4.79 Å². The summed E-state index contributed by atoms with van der Waals surface area (Å²) in [6.45, 7) is 3.69. The lowest BCUT2D eigenvalue weighted by atomic mass is 10.4. The van der Waals surface area contributed by atoms with Gasteiger partial charge in [-0.05, 0) is 6.92 Å². The highest BCUT2D eigenvalue weighted by atomic mass is 16.6. The Labute approximate surface area is 54.3 Å². The summed E-state index contributed by atoms with van der Waals surface area (Å²) in [5, 5.41) is 2.55. The molecule has 0 aromatic rings. The van der Waals surface area contributed by atoms with Crippen LogP contribution in [0.2, 0.25) is 0 Å². The molecule has 1 atom stereocenters. The van der Waals surface area contributed by atoms with E-state index in [4.69, 9.17) is 5.90 Å². The molecule has 0 saturated carbocycles. The van der Waals surface area contributed by atoms with Gasteiger partial charge in [0.2, 0.25) is 5.91 Å². The Kier molecular flexibility index (Phi) is 4.00. The second kappa shape index (κ2) is 4.29. The summed E-state index contributed by atoms with van der Waals surface area (Å²) < 4.78 is 0. The zero-order valence-corrected chi connectivity index (χ0v) is 5.68. The molecule has 0 fully saturated rings. The summed E-state index contributed by atoms with van der Waals surface area (Å²) in [7, 11) is 0. The first kappa shape index (κ1) is 8.39. The molecule has 0 spiro atoms. The van der Waals surface area contributed by atoms with Gasteiger partial charge < -0.3 is 5.32 Å². The minimum atomic E-state index is -0.117. The van der Waals surface area contributed by atoms with E-state index in [1.165, 1.54) is 6.92 Å². The van der Waals surface area contributed by atoms with E-state index in [2.05, 4.69) is 10.2 Å². The van der Waals surface area contributed by atoms with Crippen LogP contribution in [0.5, 0.6) is 0 Å². The molecular formula is C5H12N2O2. The second-order valence-electron chi connectivity index (χ2n) is 1.88. The van der Waals surface area contributed by atoms with Crippen LogP contribution < -0.4 is 11.2 Å². The molecular weight excluding hydrogens is 120 g/mol. The largest absolute Gasteiger partial charge is 0.354 e. The summed E-state index contributed by atoms with van der Waals surface area (Å²) in [5.41, 5.74) is 0. The predicted molar refractivity (Wildman–Crippen MR) is 33.4 cm³/mol. The molecule has 4 heteroatoms. The van der Waals surface area contributed by atoms with Crippen LogP contribution in [0.4, 0.5) is 0 Å². The van der Waals surface area contributed by atoms with Gasteiger partial charge in [-0.1, -0.05) is 0 Å². The van der Waals surface area contributed by atoms with Crippen molar-refractivity contribution in [1.82, 2.24) is 5.32 Å². The maximum atomic E-state index is 10.3. The van der Waals surface area contributed by atoms with Crippen LogP contribution in [0.1, 0.15) is 13.8 Å². The molecule has 0 aliphatic carbocycles. The minimum Gasteiger partial charge on any atom is -0.354 e. The van der Waals surface area contributed by atoms with Crippen LogP contribution in [-0.4, -0.2) is 18.6 Å². The lowest BCUT2D eigenvalue weighted by molar-refractivity contribution is -0.119. The van der Waals surface area contributed by atoms with E-state index in [1.54, 1.807) is 6.92 Å². The van der Waals surface area contributed by atoms with Gasteiger partial charge in [0.1, 0.15) is 0 Å². The lowest BCUT2D eigenvalue weighted by Gasteiger charge is -2.07. The third kappa shape index (κ3) is 5.26. The third-order valence-electron chi connectivity index (χ3n) is 0.871. The number of carbonyl (C=O) groups excluding carboxylic acids is 1. The Bertz CT molecular complexity index is 95.0. The summed E-state index contributed by atoms with van der Waals surface area (Å²) in [6, 6.07) is 0. The maximum absolute atomic E-state index is 10.3. The number of hydrogen-bond donors (Lipinski definition) is 2. The van der Waals surface area contributed by atoms with Gasteiger partial charge in [-0.25, -0.2) is 5.90 Å². The van der Waals surface area contributed by atoms with Crippen molar-refractivity contribution < 1.29 is 9.63 Å². The van der Waals surface area contributed by atoms with Crippen molar-refractivity contribution in [3.05, 3.63) is 0 Å². The molecule has 0 aliphatic heterocycles. The lowest BCUT2D eigenvalue weighted by Crippen LogP contribution is -2.31. The van der Waals surface area contributed by atoms with Crippen molar-refractivity contribution in [1.29, 1.82) is 0 Å². The van der Waals surface area contributed by atoms with E-state index in [1.807, 2.05) is 0 Å². The van der Waals surface area contributed by atoms with E-state index in [-0.39, 0.29) is 12.0 Å². The maximum Gasteiger partial charge on any atom is 0.216 e. The van der Waals surface area contributed by atoms with Crippen LogP contribution >= 0.6 is 0 Å². The molecule has 0 rings (SSSR count). The van der Waals surface area contributed by atoms with Gasteiger partial charge in [0.05, 0.1) is 6.10 Å². The van der Waals surface area contributed by atoms with Gasteiger partial charge >= 0.3 is 0 Å². The van der Waals surface area contributed by atoms with Gasteiger partial charge in [-0.2, -0.15) is 0 Å². The van der Waals surface area contributed by atoms with Crippen LogP contribution in [0.15, 0.2) is 0 Å². The average molecular weight is 132 g/mol. The number of nitrogens with two attached hydrogens (primary N) is 1.